The maximum absolute atomic E-state index is 11.5. The summed E-state index contributed by atoms with van der Waals surface area (Å²) >= 11 is 0. The fourth-order valence-corrected chi connectivity index (χ4v) is 4.19. The van der Waals surface area contributed by atoms with Gasteiger partial charge in [0.2, 0.25) is 0 Å². The number of ether oxygens (including phenoxy) is 1. The number of hydroxylamine groups is 1. The van der Waals surface area contributed by atoms with Crippen molar-refractivity contribution in [2.24, 2.45) is 5.41 Å². The Bertz CT molecular complexity index is 605. The fraction of sp³-hybridized carbons (Fsp3) is 0.647. The molecule has 1 aromatic heterocycles. The monoisotopic (exact) mass is 317 g/mol. The molecule has 23 heavy (non-hydrogen) atoms. The van der Waals surface area contributed by atoms with E-state index in [-0.39, 0.29) is 0 Å². The van der Waals surface area contributed by atoms with Gasteiger partial charge in [-0.15, -0.1) is 0 Å². The van der Waals surface area contributed by atoms with Gasteiger partial charge in [-0.05, 0) is 43.7 Å². The van der Waals surface area contributed by atoms with E-state index in [9.17, 15) is 4.79 Å². The van der Waals surface area contributed by atoms with Gasteiger partial charge in [-0.3, -0.25) is 19.9 Å². The van der Waals surface area contributed by atoms with Crippen molar-refractivity contribution in [3.8, 4) is 0 Å². The van der Waals surface area contributed by atoms with Gasteiger partial charge in [0.1, 0.15) is 0 Å². The van der Waals surface area contributed by atoms with E-state index >= 15 is 0 Å². The molecule has 6 nitrogen and oxygen atoms in total. The van der Waals surface area contributed by atoms with Crippen LogP contribution in [0.3, 0.4) is 0 Å². The third-order valence-electron chi connectivity index (χ3n) is 5.79. The molecule has 3 heterocycles. The van der Waals surface area contributed by atoms with E-state index in [0.717, 1.165) is 44.0 Å². The smallest absolute Gasteiger partial charge is 0.276 e. The van der Waals surface area contributed by atoms with Crippen LogP contribution in [0.15, 0.2) is 12.3 Å². The molecule has 0 unspecified atom stereocenters. The number of rotatable bonds is 2. The van der Waals surface area contributed by atoms with E-state index < -0.39 is 5.91 Å². The van der Waals surface area contributed by atoms with Crippen LogP contribution in [0.5, 0.6) is 0 Å². The molecule has 124 valence electrons. The number of nitrogens with zero attached hydrogens (tertiary/aromatic N) is 2. The fourth-order valence-electron chi connectivity index (χ4n) is 4.19. The van der Waals surface area contributed by atoms with E-state index in [0.29, 0.717) is 17.0 Å². The molecule has 1 aromatic rings. The number of carbonyl (C=O) groups is 1. The molecule has 2 aliphatic heterocycles. The lowest BCUT2D eigenvalue weighted by Gasteiger charge is -2.48. The van der Waals surface area contributed by atoms with Crippen molar-refractivity contribution in [1.29, 1.82) is 0 Å². The van der Waals surface area contributed by atoms with Gasteiger partial charge in [0.15, 0.2) is 0 Å². The first-order valence-corrected chi connectivity index (χ1v) is 8.43. The van der Waals surface area contributed by atoms with E-state index in [1.54, 1.807) is 11.7 Å². The quantitative estimate of drug-likeness (QED) is 0.639. The number of hydrogen-bond acceptors (Lipinski definition) is 5. The Balaban J connectivity index is 1.42. The van der Waals surface area contributed by atoms with Gasteiger partial charge in [-0.1, -0.05) is 0 Å². The first-order valence-electron chi connectivity index (χ1n) is 8.43. The first-order chi connectivity index (χ1) is 11.2. The van der Waals surface area contributed by atoms with Crippen molar-refractivity contribution in [2.75, 3.05) is 19.8 Å². The van der Waals surface area contributed by atoms with Gasteiger partial charge in [-0.2, -0.15) is 0 Å². The molecule has 0 atom stereocenters. The Morgan fingerprint density at radius 2 is 2.17 bits per heavy atom. The largest absolute Gasteiger partial charge is 0.380 e. The third-order valence-corrected chi connectivity index (χ3v) is 5.79. The van der Waals surface area contributed by atoms with E-state index in [2.05, 4.69) is 9.88 Å². The SMILES string of the molecule is O=C(NO)c1cnc2c(c1)CCN(C1CCC3(CC1)COC3)C2. The van der Waals surface area contributed by atoms with Crippen LogP contribution in [0.4, 0.5) is 0 Å². The number of aromatic nitrogens is 1. The number of carbonyl (C=O) groups excluding carboxylic acids is 1. The van der Waals surface area contributed by atoms with Crippen molar-refractivity contribution in [3.63, 3.8) is 0 Å². The highest BCUT2D eigenvalue weighted by molar-refractivity contribution is 5.93. The normalized spacial score (nSPS) is 24.0. The highest BCUT2D eigenvalue weighted by Gasteiger charge is 2.42. The van der Waals surface area contributed by atoms with Crippen LogP contribution in [0.1, 0.15) is 47.3 Å². The van der Waals surface area contributed by atoms with Crippen molar-refractivity contribution in [1.82, 2.24) is 15.4 Å². The summed E-state index contributed by atoms with van der Waals surface area (Å²) in [5.74, 6) is -0.497. The van der Waals surface area contributed by atoms with Gasteiger partial charge >= 0.3 is 0 Å². The van der Waals surface area contributed by atoms with Gasteiger partial charge in [0.25, 0.3) is 5.91 Å². The summed E-state index contributed by atoms with van der Waals surface area (Å²) in [7, 11) is 0. The predicted octanol–water partition coefficient (Wildman–Crippen LogP) is 1.52. The van der Waals surface area contributed by atoms with Crippen molar-refractivity contribution in [3.05, 3.63) is 29.1 Å². The Labute approximate surface area is 135 Å². The summed E-state index contributed by atoms with van der Waals surface area (Å²) in [4.78, 5) is 18.5. The van der Waals surface area contributed by atoms with Gasteiger partial charge in [0, 0.05) is 30.7 Å². The molecule has 2 fully saturated rings. The first kappa shape index (κ1) is 15.1. The Morgan fingerprint density at radius 1 is 1.39 bits per heavy atom. The van der Waals surface area contributed by atoms with E-state index in [1.807, 2.05) is 6.07 Å². The topological polar surface area (TPSA) is 74.7 Å². The zero-order valence-electron chi connectivity index (χ0n) is 13.3. The Hall–Kier alpha value is -1.50. The van der Waals surface area contributed by atoms with Crippen molar-refractivity contribution >= 4 is 5.91 Å². The molecule has 1 saturated heterocycles. The molecule has 0 aromatic carbocycles. The minimum Gasteiger partial charge on any atom is -0.380 e. The lowest BCUT2D eigenvalue weighted by atomic mass is 9.71. The molecule has 1 aliphatic carbocycles. The summed E-state index contributed by atoms with van der Waals surface area (Å²) in [5, 5.41) is 8.73. The molecule has 1 saturated carbocycles. The number of pyridine rings is 1. The number of amides is 1. The summed E-state index contributed by atoms with van der Waals surface area (Å²) in [6, 6.07) is 2.50. The Morgan fingerprint density at radius 3 is 2.83 bits per heavy atom. The van der Waals surface area contributed by atoms with E-state index in [1.165, 1.54) is 25.7 Å². The maximum Gasteiger partial charge on any atom is 0.276 e. The van der Waals surface area contributed by atoms with Crippen molar-refractivity contribution < 1.29 is 14.7 Å². The standard InChI is InChI=1S/C17H23N3O3/c21-16(19-22)13-7-12-3-6-20(9-15(12)18-8-13)14-1-4-17(5-2-14)10-23-11-17/h7-8,14,22H,1-6,9-11H2,(H,19,21). The average molecular weight is 317 g/mol. The molecule has 0 radical (unpaired) electrons. The second-order valence-corrected chi connectivity index (χ2v) is 7.22. The van der Waals surface area contributed by atoms with Crippen molar-refractivity contribution in [2.45, 2.75) is 44.7 Å². The summed E-state index contributed by atoms with van der Waals surface area (Å²) < 4.78 is 5.41. The average Bonchev–Trinajstić information content (AvgIpc) is 2.59. The van der Waals surface area contributed by atoms with Crippen LogP contribution >= 0.6 is 0 Å². The zero-order valence-corrected chi connectivity index (χ0v) is 13.3. The number of nitrogens with one attached hydrogen (secondary N) is 1. The molecule has 1 spiro atoms. The minimum absolute atomic E-state index is 0.421. The highest BCUT2D eigenvalue weighted by Crippen LogP contribution is 2.43. The van der Waals surface area contributed by atoms with Crippen LogP contribution in [-0.4, -0.2) is 46.8 Å². The molecule has 3 aliphatic rings. The predicted molar refractivity (Wildman–Crippen MR) is 83.1 cm³/mol. The number of hydrogen-bond donors (Lipinski definition) is 2. The van der Waals surface area contributed by atoms with Crippen LogP contribution in [-0.2, 0) is 17.7 Å². The second kappa shape index (κ2) is 5.85. The summed E-state index contributed by atoms with van der Waals surface area (Å²) in [5.41, 5.74) is 4.78. The molecule has 2 N–H and O–H groups in total. The molecule has 4 rings (SSSR count). The van der Waals surface area contributed by atoms with Crippen LogP contribution < -0.4 is 5.48 Å². The highest BCUT2D eigenvalue weighted by atomic mass is 16.5. The number of fused-ring (bicyclic) bond motifs is 1. The van der Waals surface area contributed by atoms with Crippen LogP contribution in [0.2, 0.25) is 0 Å². The van der Waals surface area contributed by atoms with Gasteiger partial charge < -0.3 is 4.74 Å². The zero-order chi connectivity index (χ0) is 15.9. The summed E-state index contributed by atoms with van der Waals surface area (Å²) in [6.45, 7) is 3.80. The second-order valence-electron chi connectivity index (χ2n) is 7.22. The molecular weight excluding hydrogens is 294 g/mol. The van der Waals surface area contributed by atoms with Crippen LogP contribution in [0, 0.1) is 5.41 Å². The lowest BCUT2D eigenvalue weighted by molar-refractivity contribution is -0.138. The van der Waals surface area contributed by atoms with Gasteiger partial charge in [-0.25, -0.2) is 5.48 Å². The maximum atomic E-state index is 11.5. The third kappa shape index (κ3) is 2.75. The molecular formula is C17H23N3O3. The molecule has 1 amide bonds. The summed E-state index contributed by atoms with van der Waals surface area (Å²) in [6.07, 6.45) is 7.54. The van der Waals surface area contributed by atoms with Gasteiger partial charge in [0.05, 0.1) is 24.5 Å². The van der Waals surface area contributed by atoms with E-state index in [4.69, 9.17) is 9.94 Å². The van der Waals surface area contributed by atoms with Crippen LogP contribution in [0.25, 0.3) is 0 Å². The molecule has 6 heteroatoms. The minimum atomic E-state index is -0.497. The molecule has 0 bridgehead atoms. The lowest BCUT2D eigenvalue weighted by Crippen LogP contribution is -2.50. The Kier molecular flexibility index (Phi) is 3.83.